The quantitative estimate of drug-likeness (QED) is 0.0205. The molecule has 0 aromatic rings. The number of esters is 1. The molecular weight excluding hydrogens is 892 g/mol. The van der Waals surface area contributed by atoms with Crippen LogP contribution in [0.5, 0.6) is 0 Å². The van der Waals surface area contributed by atoms with Crippen molar-refractivity contribution in [3.8, 4) is 0 Å². The molecule has 0 aliphatic heterocycles. The summed E-state index contributed by atoms with van der Waals surface area (Å²) in [6, 6.07) is -0.886. The summed E-state index contributed by atoms with van der Waals surface area (Å²) in [5.41, 5.74) is 0. The molecule has 0 heterocycles. The molecule has 0 aromatic heterocycles. The molecule has 402 valence electrons. The van der Waals surface area contributed by atoms with Crippen molar-refractivity contribution in [3.05, 3.63) is 97.2 Å². The second-order valence-electron chi connectivity index (χ2n) is 19.7. The fourth-order valence-electron chi connectivity index (χ4n) is 7.42. The van der Waals surface area contributed by atoms with Crippen LogP contribution in [0.3, 0.4) is 0 Å². The molecule has 3 unspecified atom stereocenters. The number of amides is 1. The van der Waals surface area contributed by atoms with Crippen molar-refractivity contribution < 1.29 is 37.3 Å². The summed E-state index contributed by atoms with van der Waals surface area (Å²) in [5, 5.41) is 3.01. The van der Waals surface area contributed by atoms with Gasteiger partial charge in [-0.1, -0.05) is 202 Å². The van der Waals surface area contributed by atoms with Gasteiger partial charge < -0.3 is 19.4 Å². The number of carbonyl (C=O) groups is 2. The van der Waals surface area contributed by atoms with Crippen molar-refractivity contribution >= 4 is 19.7 Å². The van der Waals surface area contributed by atoms with Gasteiger partial charge in [-0.05, 0) is 102 Å². The van der Waals surface area contributed by atoms with Crippen LogP contribution in [0.15, 0.2) is 97.2 Å². The predicted molar refractivity (Wildman–Crippen MR) is 300 cm³/mol. The van der Waals surface area contributed by atoms with Gasteiger partial charge in [0.25, 0.3) is 0 Å². The number of phosphoric acid groups is 1. The standard InChI is InChI=1S/C60H105N2O7P/c1-7-10-13-16-19-22-25-28-30-31-32-35-38-41-44-47-50-53-60(64)69-58(51-48-45-42-39-36-33-27-24-21-18-15-12-9-3)57(56-68-70(65,66)67-55-54-62(4,5)6)61-59(63)52-49-46-43-40-37-34-29-26-23-20-17-14-11-8-2/h11,14,19-20,22-23,28-30,32,34-35,41,44,48,51,57-58H,7-10,12-13,15-18,21,24-27,31,33,36-40,42-43,45-47,49-50,52-56H2,1-6H3,(H-,61,63,65,66)/p+1/b14-11+,22-19-,23-20+,30-28-,34-29+,35-32-,44-41-,51-48+. The molecule has 0 aliphatic rings. The highest BCUT2D eigenvalue weighted by Crippen LogP contribution is 2.43. The van der Waals surface area contributed by atoms with Crippen LogP contribution >= 0.6 is 7.82 Å². The van der Waals surface area contributed by atoms with E-state index in [4.69, 9.17) is 13.8 Å². The van der Waals surface area contributed by atoms with E-state index >= 15 is 0 Å². The Morgan fingerprint density at radius 2 is 0.929 bits per heavy atom. The molecule has 0 spiro atoms. The van der Waals surface area contributed by atoms with Crippen LogP contribution in [0.4, 0.5) is 0 Å². The van der Waals surface area contributed by atoms with Gasteiger partial charge in [0.2, 0.25) is 5.91 Å². The summed E-state index contributed by atoms with van der Waals surface area (Å²) in [6.45, 7) is 6.79. The molecule has 2 N–H and O–H groups in total. The number of hydrogen-bond donors (Lipinski definition) is 2. The molecule has 0 saturated carbocycles. The average Bonchev–Trinajstić information content (AvgIpc) is 3.32. The first-order valence-corrected chi connectivity index (χ1v) is 29.6. The third kappa shape index (κ3) is 49.9. The number of rotatable bonds is 49. The minimum absolute atomic E-state index is 0.0226. The first kappa shape index (κ1) is 66.9. The van der Waals surface area contributed by atoms with E-state index in [0.717, 1.165) is 89.9 Å². The second kappa shape index (κ2) is 49.5. The molecule has 0 fully saturated rings. The fraction of sp³-hybridized carbons (Fsp3) is 0.700. The van der Waals surface area contributed by atoms with E-state index in [1.165, 1.54) is 83.5 Å². The number of unbranched alkanes of at least 4 members (excludes halogenated alkanes) is 19. The number of ether oxygens (including phenoxy) is 1. The Hall–Kier alpha value is -3.07. The number of nitrogens with one attached hydrogen (secondary N) is 1. The minimum Gasteiger partial charge on any atom is -0.456 e. The van der Waals surface area contributed by atoms with Crippen LogP contribution in [-0.4, -0.2) is 74.3 Å². The van der Waals surface area contributed by atoms with Crippen molar-refractivity contribution in [2.45, 2.75) is 232 Å². The van der Waals surface area contributed by atoms with E-state index in [2.05, 4.69) is 111 Å². The van der Waals surface area contributed by atoms with E-state index in [0.29, 0.717) is 30.3 Å². The lowest BCUT2D eigenvalue weighted by Crippen LogP contribution is -2.47. The monoisotopic (exact) mass is 998 g/mol. The first-order valence-electron chi connectivity index (χ1n) is 28.1. The van der Waals surface area contributed by atoms with Gasteiger partial charge in [-0.25, -0.2) is 4.57 Å². The van der Waals surface area contributed by atoms with E-state index in [-0.39, 0.29) is 31.5 Å². The average molecular weight is 998 g/mol. The van der Waals surface area contributed by atoms with Gasteiger partial charge in [-0.3, -0.25) is 18.6 Å². The summed E-state index contributed by atoms with van der Waals surface area (Å²) >= 11 is 0. The van der Waals surface area contributed by atoms with Gasteiger partial charge in [0.15, 0.2) is 0 Å². The molecule has 0 radical (unpaired) electrons. The zero-order chi connectivity index (χ0) is 51.5. The molecule has 10 heteroatoms. The molecular formula is C60H106N2O7P+. The first-order chi connectivity index (χ1) is 33.9. The van der Waals surface area contributed by atoms with Gasteiger partial charge in [0, 0.05) is 12.8 Å². The van der Waals surface area contributed by atoms with Crippen molar-refractivity contribution in [1.82, 2.24) is 5.32 Å². The van der Waals surface area contributed by atoms with Gasteiger partial charge in [-0.2, -0.15) is 0 Å². The Kier molecular flexibility index (Phi) is 47.3. The maximum absolute atomic E-state index is 13.5. The zero-order valence-electron chi connectivity index (χ0n) is 45.7. The largest absolute Gasteiger partial charge is 0.472 e. The highest BCUT2D eigenvalue weighted by atomic mass is 31.2. The van der Waals surface area contributed by atoms with E-state index in [9.17, 15) is 19.0 Å². The van der Waals surface area contributed by atoms with Crippen LogP contribution in [0.1, 0.15) is 220 Å². The minimum atomic E-state index is -4.47. The summed E-state index contributed by atoms with van der Waals surface area (Å²) in [6.07, 6.45) is 65.5. The molecule has 70 heavy (non-hydrogen) atoms. The summed E-state index contributed by atoms with van der Waals surface area (Å²) in [5.74, 6) is -0.604. The number of quaternary nitrogens is 1. The van der Waals surface area contributed by atoms with E-state index < -0.39 is 20.0 Å². The van der Waals surface area contributed by atoms with E-state index in [1.54, 1.807) is 0 Å². The number of hydrogen-bond acceptors (Lipinski definition) is 6. The number of likely N-dealkylation sites (N-methyl/N-ethyl adjacent to an activating group) is 1. The van der Waals surface area contributed by atoms with Crippen molar-refractivity contribution in [2.75, 3.05) is 40.9 Å². The van der Waals surface area contributed by atoms with Crippen LogP contribution in [0, 0.1) is 0 Å². The Morgan fingerprint density at radius 3 is 1.43 bits per heavy atom. The molecule has 3 atom stereocenters. The van der Waals surface area contributed by atoms with Crippen LogP contribution in [0.2, 0.25) is 0 Å². The molecule has 0 aromatic carbocycles. The lowest BCUT2D eigenvalue weighted by Gasteiger charge is -2.27. The third-order valence-corrected chi connectivity index (χ3v) is 12.7. The fourth-order valence-corrected chi connectivity index (χ4v) is 8.15. The third-order valence-electron chi connectivity index (χ3n) is 11.8. The lowest BCUT2D eigenvalue weighted by atomic mass is 10.0. The molecule has 0 bridgehead atoms. The molecule has 9 nitrogen and oxygen atoms in total. The second-order valence-corrected chi connectivity index (χ2v) is 21.2. The Morgan fingerprint density at radius 1 is 0.514 bits per heavy atom. The normalized spacial score (nSPS) is 14.6. The number of nitrogens with zero attached hydrogens (tertiary/aromatic N) is 1. The van der Waals surface area contributed by atoms with Gasteiger partial charge in [0.05, 0.1) is 33.8 Å². The maximum atomic E-state index is 13.5. The van der Waals surface area contributed by atoms with Crippen molar-refractivity contribution in [1.29, 1.82) is 0 Å². The van der Waals surface area contributed by atoms with Crippen LogP contribution in [-0.2, 0) is 27.9 Å². The van der Waals surface area contributed by atoms with Crippen molar-refractivity contribution in [3.63, 3.8) is 0 Å². The molecule has 0 rings (SSSR count). The topological polar surface area (TPSA) is 111 Å². The lowest BCUT2D eigenvalue weighted by molar-refractivity contribution is -0.870. The molecule has 0 aliphatic carbocycles. The number of phosphoric ester groups is 1. The summed E-state index contributed by atoms with van der Waals surface area (Å²) < 4.78 is 30.5. The predicted octanol–water partition coefficient (Wildman–Crippen LogP) is 16.8. The van der Waals surface area contributed by atoms with Crippen LogP contribution in [0.25, 0.3) is 0 Å². The zero-order valence-corrected chi connectivity index (χ0v) is 46.6. The molecule has 0 saturated heterocycles. The Balaban J connectivity index is 5.53. The highest BCUT2D eigenvalue weighted by Gasteiger charge is 2.30. The highest BCUT2D eigenvalue weighted by molar-refractivity contribution is 7.47. The molecule has 1 amide bonds. The number of carbonyl (C=O) groups excluding carboxylic acids is 2. The Bertz CT molecular complexity index is 1520. The van der Waals surface area contributed by atoms with Crippen molar-refractivity contribution in [2.24, 2.45) is 0 Å². The van der Waals surface area contributed by atoms with Gasteiger partial charge in [0.1, 0.15) is 19.3 Å². The Labute approximate surface area is 430 Å². The van der Waals surface area contributed by atoms with Gasteiger partial charge in [-0.15, -0.1) is 0 Å². The SMILES string of the molecule is CC/C=C/C/C=C/C/C=C/CCCCCCC(=O)NC(COP(=O)(O)OCC[N+](C)(C)C)C(/C=C/CCCCCCCCCCCCC)OC(=O)CCC/C=C\C/C=C\C/C=C\C/C=C\CCCCC. The van der Waals surface area contributed by atoms with Gasteiger partial charge >= 0.3 is 13.8 Å². The number of allylic oxidation sites excluding steroid dienone is 15. The summed E-state index contributed by atoms with van der Waals surface area (Å²) in [4.78, 5) is 37.5. The summed E-state index contributed by atoms with van der Waals surface area (Å²) in [7, 11) is 1.44. The van der Waals surface area contributed by atoms with Crippen LogP contribution < -0.4 is 5.32 Å². The van der Waals surface area contributed by atoms with E-state index in [1.807, 2.05) is 33.3 Å². The maximum Gasteiger partial charge on any atom is 0.472 e. The smallest absolute Gasteiger partial charge is 0.456 e.